The van der Waals surface area contributed by atoms with Gasteiger partial charge in [-0.05, 0) is 59.7 Å². The summed E-state index contributed by atoms with van der Waals surface area (Å²) in [7, 11) is 1.59. The fourth-order valence-corrected chi connectivity index (χ4v) is 5.42. The van der Waals surface area contributed by atoms with Crippen molar-refractivity contribution in [2.24, 2.45) is 11.8 Å². The molecular weight excluding hydrogens is 388 g/mol. The van der Waals surface area contributed by atoms with Crippen molar-refractivity contribution in [3.8, 4) is 16.9 Å². The zero-order valence-electron chi connectivity index (χ0n) is 16.4. The number of ether oxygens (including phenoxy) is 2. The zero-order chi connectivity index (χ0) is 20.3. The van der Waals surface area contributed by atoms with Crippen molar-refractivity contribution in [3.05, 3.63) is 58.3 Å². The maximum absolute atomic E-state index is 13.3. The summed E-state index contributed by atoms with van der Waals surface area (Å²) in [6, 6.07) is 11.7. The van der Waals surface area contributed by atoms with Crippen LogP contribution in [0, 0.1) is 11.8 Å². The second-order valence-corrected chi connectivity index (χ2v) is 8.45. The van der Waals surface area contributed by atoms with Crippen LogP contribution >= 0.6 is 11.6 Å². The van der Waals surface area contributed by atoms with Gasteiger partial charge in [0.1, 0.15) is 11.5 Å². The number of aryl methyl sites for hydroxylation is 1. The average Bonchev–Trinajstić information content (AvgIpc) is 3.42. The number of carbonyl (C=O) groups excluding carboxylic acids is 1. The van der Waals surface area contributed by atoms with E-state index in [0.717, 1.165) is 41.5 Å². The van der Waals surface area contributed by atoms with Gasteiger partial charge in [-0.15, -0.1) is 0 Å². The van der Waals surface area contributed by atoms with Gasteiger partial charge in [0, 0.05) is 0 Å². The molecule has 2 aliphatic heterocycles. The van der Waals surface area contributed by atoms with Crippen molar-refractivity contribution in [1.82, 2.24) is 0 Å². The minimum Gasteiger partial charge on any atom is -0.511 e. The summed E-state index contributed by atoms with van der Waals surface area (Å²) in [4.78, 5) is 13.3. The number of Topliss-reactive ketones (excluding diaryl/α,β-unsaturated/α-hetero) is 1. The van der Waals surface area contributed by atoms with Gasteiger partial charge in [-0.25, -0.2) is 0 Å². The zero-order valence-corrected chi connectivity index (χ0v) is 17.2. The third kappa shape index (κ3) is 2.73. The molecule has 0 unspecified atom stereocenters. The molecule has 0 saturated carbocycles. The number of methoxy groups -OCH3 is 1. The van der Waals surface area contributed by atoms with Crippen LogP contribution in [-0.4, -0.2) is 30.2 Å². The lowest BCUT2D eigenvalue weighted by atomic mass is 9.80. The first-order valence-electron chi connectivity index (χ1n) is 10.1. The van der Waals surface area contributed by atoms with Gasteiger partial charge in [0.05, 0.1) is 41.7 Å². The van der Waals surface area contributed by atoms with Crippen LogP contribution in [0.3, 0.4) is 0 Å². The highest BCUT2D eigenvalue weighted by Gasteiger charge is 2.59. The largest absolute Gasteiger partial charge is 0.511 e. The standard InChI is InChI=1S/C24H23ClO4/c1-3-12-4-5-13(14-6-7-16(25)19(11-14)28-2)10-15(12)20-23(26)21-17-8-9-18(29-17)22(21)24(20)27/h4-7,10-11,17-18,21-22,26H,3,8-9H2,1-2H3/t17-,18+,21-,22+/m1/s1. The molecule has 1 aliphatic carbocycles. The van der Waals surface area contributed by atoms with Crippen molar-refractivity contribution in [2.45, 2.75) is 38.4 Å². The third-order valence-electron chi connectivity index (χ3n) is 6.64. The van der Waals surface area contributed by atoms with Crippen molar-refractivity contribution in [2.75, 3.05) is 7.11 Å². The number of hydrogen-bond donors (Lipinski definition) is 1. The molecule has 150 valence electrons. The van der Waals surface area contributed by atoms with Crippen LogP contribution in [0.4, 0.5) is 0 Å². The lowest BCUT2D eigenvalue weighted by molar-refractivity contribution is -0.118. The molecule has 0 spiro atoms. The van der Waals surface area contributed by atoms with E-state index in [4.69, 9.17) is 21.1 Å². The predicted molar refractivity (Wildman–Crippen MR) is 112 cm³/mol. The van der Waals surface area contributed by atoms with Gasteiger partial charge in [0.25, 0.3) is 0 Å². The summed E-state index contributed by atoms with van der Waals surface area (Å²) in [5, 5.41) is 11.6. The predicted octanol–water partition coefficient (Wildman–Crippen LogP) is 5.22. The number of aliphatic hydroxyl groups excluding tert-OH is 1. The number of halogens is 1. The molecule has 4 nitrogen and oxygen atoms in total. The SMILES string of the molecule is CCc1ccc(-c2ccc(Cl)c(OC)c2)cc1C1=C(O)[C@H]2[C@@H](C1=O)[C@@H]1CC[C@H]2O1. The van der Waals surface area contributed by atoms with E-state index in [1.165, 1.54) is 0 Å². The fraction of sp³-hybridized carbons (Fsp3) is 0.375. The van der Waals surface area contributed by atoms with Gasteiger partial charge in [0.15, 0.2) is 5.78 Å². The number of allylic oxidation sites excluding steroid dienone is 1. The van der Waals surface area contributed by atoms with Gasteiger partial charge < -0.3 is 14.6 Å². The molecule has 4 atom stereocenters. The summed E-state index contributed by atoms with van der Waals surface area (Å²) in [5.74, 6) is 0.438. The van der Waals surface area contributed by atoms with Gasteiger partial charge in [-0.2, -0.15) is 0 Å². The van der Waals surface area contributed by atoms with Gasteiger partial charge in [0.2, 0.25) is 0 Å². The van der Waals surface area contributed by atoms with Crippen LogP contribution in [0.25, 0.3) is 16.7 Å². The summed E-state index contributed by atoms with van der Waals surface area (Å²) in [6.45, 7) is 2.06. The summed E-state index contributed by atoms with van der Waals surface area (Å²) < 4.78 is 11.3. The topological polar surface area (TPSA) is 55.8 Å². The fourth-order valence-electron chi connectivity index (χ4n) is 5.22. The van der Waals surface area contributed by atoms with E-state index < -0.39 is 0 Å². The molecule has 5 rings (SSSR count). The molecule has 5 heteroatoms. The lowest BCUT2D eigenvalue weighted by Gasteiger charge is -2.19. The van der Waals surface area contributed by atoms with E-state index in [9.17, 15) is 9.90 Å². The Balaban J connectivity index is 1.62. The minimum absolute atomic E-state index is 0.0276. The second-order valence-electron chi connectivity index (χ2n) is 8.04. The van der Waals surface area contributed by atoms with E-state index in [2.05, 4.69) is 6.92 Å². The number of ketones is 1. The Hall–Kier alpha value is -2.30. The van der Waals surface area contributed by atoms with Crippen molar-refractivity contribution >= 4 is 23.0 Å². The van der Waals surface area contributed by atoms with Gasteiger partial charge in [-0.3, -0.25) is 4.79 Å². The Morgan fingerprint density at radius 1 is 1.10 bits per heavy atom. The Kier molecular flexibility index (Phi) is 4.45. The number of rotatable bonds is 4. The molecule has 2 aromatic carbocycles. The van der Waals surface area contributed by atoms with Crippen LogP contribution in [0.2, 0.25) is 5.02 Å². The molecule has 0 radical (unpaired) electrons. The monoisotopic (exact) mass is 410 g/mol. The van der Waals surface area contributed by atoms with Crippen LogP contribution in [0.15, 0.2) is 42.2 Å². The van der Waals surface area contributed by atoms with Crippen LogP contribution < -0.4 is 4.74 Å². The van der Waals surface area contributed by atoms with E-state index in [0.29, 0.717) is 16.3 Å². The third-order valence-corrected chi connectivity index (χ3v) is 6.95. The number of carbonyl (C=O) groups is 1. The molecular formula is C24H23ClO4. The van der Waals surface area contributed by atoms with E-state index in [1.807, 2.05) is 30.3 Å². The highest BCUT2D eigenvalue weighted by molar-refractivity contribution is 6.32. The number of fused-ring (bicyclic) bond motifs is 5. The van der Waals surface area contributed by atoms with Crippen molar-refractivity contribution in [3.63, 3.8) is 0 Å². The number of hydrogen-bond acceptors (Lipinski definition) is 4. The minimum atomic E-state index is -0.229. The molecule has 2 saturated heterocycles. The van der Waals surface area contributed by atoms with E-state index in [1.54, 1.807) is 13.2 Å². The normalized spacial score (nSPS) is 27.6. The summed E-state index contributed by atoms with van der Waals surface area (Å²) in [6.07, 6.45) is 2.53. The quantitative estimate of drug-likeness (QED) is 0.750. The molecule has 1 N–H and O–H groups in total. The van der Waals surface area contributed by atoms with E-state index in [-0.39, 0.29) is 35.6 Å². The molecule has 2 fully saturated rings. The molecule has 0 amide bonds. The van der Waals surface area contributed by atoms with Gasteiger partial charge in [-0.1, -0.05) is 36.7 Å². The van der Waals surface area contributed by atoms with Crippen molar-refractivity contribution < 1.29 is 19.4 Å². The molecule has 2 aromatic rings. The maximum Gasteiger partial charge on any atom is 0.173 e. The molecule has 0 aromatic heterocycles. The highest BCUT2D eigenvalue weighted by Crippen LogP contribution is 2.54. The van der Waals surface area contributed by atoms with E-state index >= 15 is 0 Å². The van der Waals surface area contributed by atoms with Crippen LogP contribution in [0.1, 0.15) is 30.9 Å². The summed E-state index contributed by atoms with van der Waals surface area (Å²) >= 11 is 6.17. The Bertz CT molecular complexity index is 1040. The molecule has 2 bridgehead atoms. The highest BCUT2D eigenvalue weighted by atomic mass is 35.5. The average molecular weight is 411 g/mol. The van der Waals surface area contributed by atoms with Crippen molar-refractivity contribution in [1.29, 1.82) is 0 Å². The first kappa shape index (κ1) is 18.7. The maximum atomic E-state index is 13.3. The van der Waals surface area contributed by atoms with Gasteiger partial charge >= 0.3 is 0 Å². The first-order valence-corrected chi connectivity index (χ1v) is 10.5. The second kappa shape index (κ2) is 6.89. The Morgan fingerprint density at radius 2 is 1.79 bits per heavy atom. The number of benzene rings is 2. The molecule has 3 aliphatic rings. The Morgan fingerprint density at radius 3 is 2.48 bits per heavy atom. The van der Waals surface area contributed by atoms with Crippen LogP contribution in [0.5, 0.6) is 5.75 Å². The smallest absolute Gasteiger partial charge is 0.173 e. The summed E-state index contributed by atoms with van der Waals surface area (Å²) in [5.41, 5.74) is 4.27. The molecule has 2 heterocycles. The van der Waals surface area contributed by atoms with Crippen LogP contribution in [-0.2, 0) is 16.0 Å². The Labute approximate surface area is 175 Å². The first-order chi connectivity index (χ1) is 14.0. The lowest BCUT2D eigenvalue weighted by Crippen LogP contribution is -2.29. The molecule has 29 heavy (non-hydrogen) atoms. The number of aliphatic hydroxyl groups is 1.